The number of nitrogens with zero attached hydrogens (tertiary/aromatic N) is 4. The fourth-order valence-electron chi connectivity index (χ4n) is 3.11. The van der Waals surface area contributed by atoms with Crippen LogP contribution in [0.4, 0.5) is 0 Å². The molecular weight excluding hydrogens is 298 g/mol. The van der Waals surface area contributed by atoms with Crippen molar-refractivity contribution in [1.29, 1.82) is 0 Å². The Bertz CT molecular complexity index is 641. The smallest absolute Gasteiger partial charge is 0.193 e. The molecule has 1 aliphatic heterocycles. The average molecular weight is 325 g/mol. The fraction of sp³-hybridized carbons (Fsp3) is 0.474. The summed E-state index contributed by atoms with van der Waals surface area (Å²) in [6.07, 6.45) is 7.34. The van der Waals surface area contributed by atoms with Crippen molar-refractivity contribution in [1.82, 2.24) is 19.8 Å². The monoisotopic (exact) mass is 325 g/mol. The molecule has 0 radical (unpaired) electrons. The highest BCUT2D eigenvalue weighted by Gasteiger charge is 2.15. The summed E-state index contributed by atoms with van der Waals surface area (Å²) < 4.78 is 2.22. The molecule has 0 spiro atoms. The highest BCUT2D eigenvalue weighted by molar-refractivity contribution is 5.80. The second-order valence-electron chi connectivity index (χ2n) is 6.14. The standard InChI is InChI=1S/C19H27N5/c1-2-20-19(23-13-6-7-14-23)22-11-10-18-21-12-15-24(18)16-17-8-4-3-5-9-17/h3-5,8-9,12,15H,2,6-7,10-11,13-14,16H2,1H3,(H,20,22). The normalized spacial score (nSPS) is 15.0. The number of hydrogen-bond donors (Lipinski definition) is 1. The predicted octanol–water partition coefficient (Wildman–Crippen LogP) is 2.54. The van der Waals surface area contributed by atoms with Gasteiger partial charge in [-0.1, -0.05) is 30.3 Å². The molecule has 3 rings (SSSR count). The first kappa shape index (κ1) is 16.6. The van der Waals surface area contributed by atoms with Crippen LogP contribution in [0.1, 0.15) is 31.2 Å². The van der Waals surface area contributed by atoms with Gasteiger partial charge in [0.1, 0.15) is 5.82 Å². The van der Waals surface area contributed by atoms with Gasteiger partial charge in [-0.2, -0.15) is 0 Å². The molecule has 0 unspecified atom stereocenters. The van der Waals surface area contributed by atoms with Gasteiger partial charge < -0.3 is 14.8 Å². The van der Waals surface area contributed by atoms with Crippen molar-refractivity contribution in [3.05, 3.63) is 54.1 Å². The van der Waals surface area contributed by atoms with Gasteiger partial charge in [-0.15, -0.1) is 0 Å². The Morgan fingerprint density at radius 2 is 2.00 bits per heavy atom. The van der Waals surface area contributed by atoms with Gasteiger partial charge in [0.15, 0.2) is 5.96 Å². The Kier molecular flexibility index (Phi) is 5.88. The van der Waals surface area contributed by atoms with E-state index in [0.29, 0.717) is 0 Å². The summed E-state index contributed by atoms with van der Waals surface area (Å²) in [5.74, 6) is 2.15. The maximum Gasteiger partial charge on any atom is 0.193 e. The number of hydrogen-bond acceptors (Lipinski definition) is 2. The van der Waals surface area contributed by atoms with Gasteiger partial charge in [-0.3, -0.25) is 4.99 Å². The van der Waals surface area contributed by atoms with Crippen LogP contribution in [0.3, 0.4) is 0 Å². The molecule has 0 amide bonds. The van der Waals surface area contributed by atoms with Crippen molar-refractivity contribution in [3.63, 3.8) is 0 Å². The van der Waals surface area contributed by atoms with E-state index in [1.54, 1.807) is 0 Å². The minimum atomic E-state index is 0.768. The van der Waals surface area contributed by atoms with E-state index in [4.69, 9.17) is 4.99 Å². The van der Waals surface area contributed by atoms with Gasteiger partial charge in [0.05, 0.1) is 0 Å². The van der Waals surface area contributed by atoms with Crippen molar-refractivity contribution < 1.29 is 0 Å². The summed E-state index contributed by atoms with van der Waals surface area (Å²) in [5, 5.41) is 3.41. The lowest BCUT2D eigenvalue weighted by molar-refractivity contribution is 0.493. The topological polar surface area (TPSA) is 45.5 Å². The largest absolute Gasteiger partial charge is 0.357 e. The van der Waals surface area contributed by atoms with Crippen LogP contribution < -0.4 is 5.32 Å². The van der Waals surface area contributed by atoms with Crippen molar-refractivity contribution in [2.45, 2.75) is 32.7 Å². The molecule has 5 heteroatoms. The molecule has 2 heterocycles. The molecule has 1 fully saturated rings. The van der Waals surface area contributed by atoms with Crippen molar-refractivity contribution >= 4 is 5.96 Å². The predicted molar refractivity (Wildman–Crippen MR) is 98.3 cm³/mol. The summed E-state index contributed by atoms with van der Waals surface area (Å²) in [4.78, 5) is 11.7. The highest BCUT2D eigenvalue weighted by Crippen LogP contribution is 2.09. The Labute approximate surface area is 144 Å². The molecule has 5 nitrogen and oxygen atoms in total. The fourth-order valence-corrected chi connectivity index (χ4v) is 3.11. The zero-order valence-corrected chi connectivity index (χ0v) is 14.5. The van der Waals surface area contributed by atoms with E-state index >= 15 is 0 Å². The Morgan fingerprint density at radius 1 is 1.21 bits per heavy atom. The third-order valence-electron chi connectivity index (χ3n) is 4.33. The van der Waals surface area contributed by atoms with Crippen LogP contribution in [0.5, 0.6) is 0 Å². The molecule has 1 aromatic carbocycles. The number of likely N-dealkylation sites (tertiary alicyclic amines) is 1. The van der Waals surface area contributed by atoms with Crippen molar-refractivity contribution in [3.8, 4) is 0 Å². The van der Waals surface area contributed by atoms with E-state index in [1.165, 1.54) is 18.4 Å². The van der Waals surface area contributed by atoms with Crippen LogP contribution in [0.25, 0.3) is 0 Å². The first-order valence-corrected chi connectivity index (χ1v) is 8.94. The molecule has 0 saturated carbocycles. The van der Waals surface area contributed by atoms with E-state index < -0.39 is 0 Å². The minimum absolute atomic E-state index is 0.768. The average Bonchev–Trinajstić information content (AvgIpc) is 3.27. The maximum absolute atomic E-state index is 4.80. The SMILES string of the molecule is CCNC(=NCCc1nccn1Cc1ccccc1)N1CCCC1. The maximum atomic E-state index is 4.80. The summed E-state index contributed by atoms with van der Waals surface area (Å²) in [6, 6.07) is 10.5. The van der Waals surface area contributed by atoms with E-state index in [-0.39, 0.29) is 0 Å². The highest BCUT2D eigenvalue weighted by atomic mass is 15.3. The van der Waals surface area contributed by atoms with Gasteiger partial charge >= 0.3 is 0 Å². The first-order chi connectivity index (χ1) is 11.9. The quantitative estimate of drug-likeness (QED) is 0.656. The van der Waals surface area contributed by atoms with Crippen LogP contribution in [-0.2, 0) is 13.0 Å². The molecule has 0 bridgehead atoms. The lowest BCUT2D eigenvalue weighted by Crippen LogP contribution is -2.39. The number of imidazole rings is 1. The first-order valence-electron chi connectivity index (χ1n) is 8.94. The van der Waals surface area contributed by atoms with Crippen LogP contribution in [0.15, 0.2) is 47.7 Å². The Morgan fingerprint density at radius 3 is 2.75 bits per heavy atom. The van der Waals surface area contributed by atoms with Crippen molar-refractivity contribution in [2.24, 2.45) is 4.99 Å². The van der Waals surface area contributed by atoms with E-state index in [2.05, 4.69) is 57.2 Å². The van der Waals surface area contributed by atoms with Gasteiger partial charge in [0.2, 0.25) is 0 Å². The Balaban J connectivity index is 1.60. The van der Waals surface area contributed by atoms with E-state index in [1.807, 2.05) is 12.3 Å². The van der Waals surface area contributed by atoms with Crippen LogP contribution in [0.2, 0.25) is 0 Å². The molecule has 128 valence electrons. The molecule has 0 atom stereocenters. The Hall–Kier alpha value is -2.30. The van der Waals surface area contributed by atoms with Crippen LogP contribution in [0, 0.1) is 0 Å². The summed E-state index contributed by atoms with van der Waals surface area (Å²) >= 11 is 0. The summed E-state index contributed by atoms with van der Waals surface area (Å²) in [6.45, 7) is 6.91. The van der Waals surface area contributed by atoms with Gasteiger partial charge in [0.25, 0.3) is 0 Å². The van der Waals surface area contributed by atoms with Gasteiger partial charge in [-0.25, -0.2) is 4.98 Å². The summed E-state index contributed by atoms with van der Waals surface area (Å²) in [5.41, 5.74) is 1.30. The molecule has 1 aliphatic rings. The number of nitrogens with one attached hydrogen (secondary N) is 1. The number of guanidine groups is 1. The molecule has 1 N–H and O–H groups in total. The number of aliphatic imine (C=N–C) groups is 1. The molecule has 0 aliphatic carbocycles. The van der Waals surface area contributed by atoms with Crippen LogP contribution in [-0.4, -0.2) is 46.6 Å². The zero-order chi connectivity index (χ0) is 16.6. The lowest BCUT2D eigenvalue weighted by Gasteiger charge is -2.20. The van der Waals surface area contributed by atoms with E-state index in [9.17, 15) is 0 Å². The zero-order valence-electron chi connectivity index (χ0n) is 14.5. The molecule has 2 aromatic rings. The van der Waals surface area contributed by atoms with Crippen molar-refractivity contribution in [2.75, 3.05) is 26.2 Å². The molecular formula is C19H27N5. The molecule has 24 heavy (non-hydrogen) atoms. The number of benzene rings is 1. The summed E-state index contributed by atoms with van der Waals surface area (Å²) in [7, 11) is 0. The lowest BCUT2D eigenvalue weighted by atomic mass is 10.2. The molecule has 1 saturated heterocycles. The third-order valence-corrected chi connectivity index (χ3v) is 4.33. The number of aromatic nitrogens is 2. The van der Waals surface area contributed by atoms with Gasteiger partial charge in [-0.05, 0) is 25.3 Å². The second kappa shape index (κ2) is 8.52. The second-order valence-corrected chi connectivity index (χ2v) is 6.14. The minimum Gasteiger partial charge on any atom is -0.357 e. The van der Waals surface area contributed by atoms with Crippen LogP contribution >= 0.6 is 0 Å². The van der Waals surface area contributed by atoms with E-state index in [0.717, 1.165) is 50.9 Å². The third kappa shape index (κ3) is 4.37. The number of rotatable bonds is 6. The molecule has 1 aromatic heterocycles. The van der Waals surface area contributed by atoms with Gasteiger partial charge in [0, 0.05) is 51.5 Å².